The van der Waals surface area contributed by atoms with Gasteiger partial charge in [-0.15, -0.1) is 0 Å². The van der Waals surface area contributed by atoms with Crippen LogP contribution in [-0.4, -0.2) is 12.9 Å². The molecule has 3 nitrogen and oxygen atoms in total. The Bertz CT molecular complexity index is 1050. The third-order valence-electron chi connectivity index (χ3n) is 4.77. The maximum atomic E-state index is 12.6. The van der Waals surface area contributed by atoms with Crippen LogP contribution in [0.3, 0.4) is 0 Å². The maximum Gasteiger partial charge on any atom is 0.189 e. The lowest BCUT2D eigenvalue weighted by atomic mass is 10.1. The summed E-state index contributed by atoms with van der Waals surface area (Å²) in [4.78, 5) is 12.6. The number of hydrogen-bond donors (Lipinski definition) is 0. The number of fused-ring (bicyclic) bond motifs is 1. The van der Waals surface area contributed by atoms with Crippen LogP contribution >= 0.6 is 11.6 Å². The van der Waals surface area contributed by atoms with E-state index in [1.54, 1.807) is 7.11 Å². The predicted molar refractivity (Wildman–Crippen MR) is 111 cm³/mol. The Morgan fingerprint density at radius 2 is 1.79 bits per heavy atom. The number of ether oxygens (including phenoxy) is 2. The zero-order chi connectivity index (χ0) is 19.5. The SMILES string of the molecule is COc1cc(/C=C2/Cc3ccccc3C2=O)ccc1OCc1ccc(Cl)cc1. The Morgan fingerprint density at radius 3 is 2.54 bits per heavy atom. The van der Waals surface area contributed by atoms with Crippen molar-refractivity contribution in [3.63, 3.8) is 0 Å². The molecule has 1 aliphatic rings. The van der Waals surface area contributed by atoms with Gasteiger partial charge in [-0.3, -0.25) is 4.79 Å². The first kappa shape index (κ1) is 18.3. The fourth-order valence-electron chi connectivity index (χ4n) is 3.31. The molecule has 0 N–H and O–H groups in total. The third kappa shape index (κ3) is 3.80. The highest BCUT2D eigenvalue weighted by Crippen LogP contribution is 2.32. The summed E-state index contributed by atoms with van der Waals surface area (Å²) in [5.74, 6) is 1.38. The van der Waals surface area contributed by atoms with Gasteiger partial charge in [0.1, 0.15) is 6.61 Å². The Balaban J connectivity index is 1.52. The van der Waals surface area contributed by atoms with Crippen molar-refractivity contribution in [3.05, 3.63) is 99.6 Å². The number of hydrogen-bond acceptors (Lipinski definition) is 3. The van der Waals surface area contributed by atoms with Gasteiger partial charge >= 0.3 is 0 Å². The van der Waals surface area contributed by atoms with Crippen molar-refractivity contribution in [2.24, 2.45) is 0 Å². The van der Waals surface area contributed by atoms with E-state index < -0.39 is 0 Å². The van der Waals surface area contributed by atoms with Gasteiger partial charge in [0.05, 0.1) is 7.11 Å². The van der Waals surface area contributed by atoms with E-state index in [9.17, 15) is 4.79 Å². The van der Waals surface area contributed by atoms with Gasteiger partial charge in [-0.2, -0.15) is 0 Å². The van der Waals surface area contributed by atoms with Crippen LogP contribution in [0.2, 0.25) is 5.02 Å². The fraction of sp³-hybridized carbons (Fsp3) is 0.125. The minimum atomic E-state index is 0.0950. The lowest BCUT2D eigenvalue weighted by molar-refractivity contribution is 0.104. The summed E-state index contributed by atoms with van der Waals surface area (Å²) in [6.07, 6.45) is 2.58. The van der Waals surface area contributed by atoms with Gasteiger partial charge in [-0.05, 0) is 47.0 Å². The van der Waals surface area contributed by atoms with E-state index >= 15 is 0 Å². The van der Waals surface area contributed by atoms with Gasteiger partial charge in [-0.25, -0.2) is 0 Å². The largest absolute Gasteiger partial charge is 0.493 e. The fourth-order valence-corrected chi connectivity index (χ4v) is 3.43. The molecule has 1 aliphatic carbocycles. The predicted octanol–water partition coefficient (Wildman–Crippen LogP) is 5.75. The molecule has 0 aromatic heterocycles. The Kier molecular flexibility index (Phi) is 5.18. The number of methoxy groups -OCH3 is 1. The lowest BCUT2D eigenvalue weighted by Crippen LogP contribution is -1.98. The molecule has 0 amide bonds. The summed E-state index contributed by atoms with van der Waals surface area (Å²) < 4.78 is 11.4. The molecule has 4 rings (SSSR count). The highest BCUT2D eigenvalue weighted by molar-refractivity contribution is 6.30. The molecular weight excluding hydrogens is 372 g/mol. The van der Waals surface area contributed by atoms with Crippen LogP contribution in [0.5, 0.6) is 11.5 Å². The molecule has 0 spiro atoms. The first-order valence-electron chi connectivity index (χ1n) is 9.02. The van der Waals surface area contributed by atoms with Crippen LogP contribution < -0.4 is 9.47 Å². The van der Waals surface area contributed by atoms with Crippen LogP contribution in [0.1, 0.15) is 27.0 Å². The van der Waals surface area contributed by atoms with E-state index in [0.29, 0.717) is 29.5 Å². The van der Waals surface area contributed by atoms with E-state index in [1.807, 2.05) is 72.8 Å². The number of benzene rings is 3. The molecule has 0 saturated carbocycles. The van der Waals surface area contributed by atoms with Crippen LogP contribution in [0, 0.1) is 0 Å². The number of carbonyl (C=O) groups excluding carboxylic acids is 1. The first-order valence-corrected chi connectivity index (χ1v) is 9.40. The summed E-state index contributed by atoms with van der Waals surface area (Å²) in [5, 5.41) is 0.697. The minimum absolute atomic E-state index is 0.0950. The molecule has 0 bridgehead atoms. The summed E-state index contributed by atoms with van der Waals surface area (Å²) in [6, 6.07) is 21.0. The van der Waals surface area contributed by atoms with Crippen molar-refractivity contribution in [3.8, 4) is 11.5 Å². The molecule has 3 aromatic carbocycles. The van der Waals surface area contributed by atoms with Gasteiger partial charge in [0.2, 0.25) is 0 Å². The van der Waals surface area contributed by atoms with Crippen molar-refractivity contribution in [2.75, 3.05) is 7.11 Å². The number of allylic oxidation sites excluding steroid dienone is 1. The zero-order valence-corrected chi connectivity index (χ0v) is 16.2. The van der Waals surface area contributed by atoms with Crippen LogP contribution in [0.4, 0.5) is 0 Å². The van der Waals surface area contributed by atoms with E-state index in [4.69, 9.17) is 21.1 Å². The molecule has 0 aliphatic heterocycles. The monoisotopic (exact) mass is 390 g/mol. The van der Waals surface area contributed by atoms with Crippen LogP contribution in [0.25, 0.3) is 6.08 Å². The Morgan fingerprint density at radius 1 is 1.00 bits per heavy atom. The normalized spacial score (nSPS) is 14.2. The van der Waals surface area contributed by atoms with Crippen molar-refractivity contribution in [2.45, 2.75) is 13.0 Å². The van der Waals surface area contributed by atoms with E-state index in [-0.39, 0.29) is 5.78 Å². The average molecular weight is 391 g/mol. The molecule has 0 atom stereocenters. The number of carbonyl (C=O) groups is 1. The standard InChI is InChI=1S/C24H19ClO3/c1-27-23-13-17(12-19-14-18-4-2-3-5-21(18)24(19)26)8-11-22(23)28-15-16-6-9-20(25)10-7-16/h2-13H,14-15H2,1H3/b19-12-. The lowest BCUT2D eigenvalue weighted by Gasteiger charge is -2.12. The van der Waals surface area contributed by atoms with Crippen molar-refractivity contribution >= 4 is 23.5 Å². The highest BCUT2D eigenvalue weighted by atomic mass is 35.5. The summed E-state index contributed by atoms with van der Waals surface area (Å²) >= 11 is 5.91. The van der Waals surface area contributed by atoms with E-state index in [2.05, 4.69) is 0 Å². The molecule has 0 fully saturated rings. The molecule has 0 unspecified atom stereocenters. The molecule has 0 saturated heterocycles. The molecule has 0 heterocycles. The average Bonchev–Trinajstić information content (AvgIpc) is 3.04. The van der Waals surface area contributed by atoms with E-state index in [1.165, 1.54) is 0 Å². The highest BCUT2D eigenvalue weighted by Gasteiger charge is 2.24. The van der Waals surface area contributed by atoms with E-state index in [0.717, 1.165) is 27.8 Å². The first-order chi connectivity index (χ1) is 13.6. The Hall–Kier alpha value is -3.04. The summed E-state index contributed by atoms with van der Waals surface area (Å²) in [5.41, 5.74) is 4.59. The molecule has 28 heavy (non-hydrogen) atoms. The molecule has 3 aromatic rings. The maximum absolute atomic E-state index is 12.6. The topological polar surface area (TPSA) is 35.5 Å². The number of halogens is 1. The number of rotatable bonds is 5. The summed E-state index contributed by atoms with van der Waals surface area (Å²) in [7, 11) is 1.61. The van der Waals surface area contributed by atoms with Gasteiger partial charge in [-0.1, -0.05) is 54.1 Å². The van der Waals surface area contributed by atoms with Crippen molar-refractivity contribution < 1.29 is 14.3 Å². The van der Waals surface area contributed by atoms with Gasteiger partial charge in [0, 0.05) is 22.6 Å². The molecule has 4 heteroatoms. The van der Waals surface area contributed by atoms with Crippen molar-refractivity contribution in [1.29, 1.82) is 0 Å². The minimum Gasteiger partial charge on any atom is -0.493 e. The second-order valence-corrected chi connectivity index (χ2v) is 7.09. The number of ketones is 1. The molecular formula is C24H19ClO3. The number of Topliss-reactive ketones (excluding diaryl/α,β-unsaturated/α-hetero) is 1. The second-order valence-electron chi connectivity index (χ2n) is 6.66. The second kappa shape index (κ2) is 7.91. The molecule has 140 valence electrons. The molecule has 0 radical (unpaired) electrons. The third-order valence-corrected chi connectivity index (χ3v) is 5.02. The van der Waals surface area contributed by atoms with Gasteiger partial charge < -0.3 is 9.47 Å². The Labute approximate surface area is 169 Å². The van der Waals surface area contributed by atoms with Crippen LogP contribution in [-0.2, 0) is 13.0 Å². The van der Waals surface area contributed by atoms with Gasteiger partial charge in [0.25, 0.3) is 0 Å². The van der Waals surface area contributed by atoms with Crippen LogP contribution in [0.15, 0.2) is 72.3 Å². The quantitative estimate of drug-likeness (QED) is 0.520. The zero-order valence-electron chi connectivity index (χ0n) is 15.4. The smallest absolute Gasteiger partial charge is 0.189 e. The van der Waals surface area contributed by atoms with Gasteiger partial charge in [0.15, 0.2) is 17.3 Å². The summed E-state index contributed by atoms with van der Waals surface area (Å²) in [6.45, 7) is 0.418. The van der Waals surface area contributed by atoms with Crippen molar-refractivity contribution in [1.82, 2.24) is 0 Å².